The van der Waals surface area contributed by atoms with Crippen molar-refractivity contribution in [1.29, 1.82) is 0 Å². The summed E-state index contributed by atoms with van der Waals surface area (Å²) in [5.41, 5.74) is 2.93. The zero-order valence-corrected chi connectivity index (χ0v) is 105. The van der Waals surface area contributed by atoms with Crippen LogP contribution in [0.15, 0.2) is 0 Å². The molecule has 0 amide bonds. The standard InChI is InChI=1S/C9H18.C8H16O.2C8H16.C8H18.C7H13F3.2C7H14F2.2C7H15F.C7H14O.2C7H16O.2C7H14.2C7H16/c1-8(2)9-6-4-3-5-7-9;1-7(2)8-3-5-9-6-4-8;1-7(2,3)8(4)5-6-8;1-7(2)8-5-3-4-6-8;1-7(2)6-8(3,4)5;1-5(6(2,3)4)7(8,9)10;2*1-5(6(8)9)7(2,3)4;2*1-6(5-8)7(2,3)4;1-6(2)7-3-4-8-5-7;2*1-6(5-8)7(2,3)4;1-7(2,3)6-4-5-6;1-6(2)7-4-3-5-7;2*1-6(2)7(3,4)5/h8-9H,3-7H2,1-2H3;7-8H,3-6H2,1-2H3;5-6H2,1-4H3;7-8H,3-6H2,1-2H3;7H,6H2,1-5H3;5H,1-4H3;2*5-6H,1-4H3;2*6H,5H2,1-4H3;6-7H,3-5H2,1-2H3;2*6,8H,5H2,1-4H3;6H,4-5H2,1-3H3;6-7H,3-5H2,1-2H3;2*6H,1-5H3/t;;;;;3*5-;2*6-;;2*6-;;;;/m.....01010.10..../s1. The summed E-state index contributed by atoms with van der Waals surface area (Å²) in [5, 5.41) is 17.3. The lowest BCUT2D eigenvalue weighted by Crippen LogP contribution is -2.31. The number of alkyl halides is 9. The van der Waals surface area contributed by atoms with Crippen LogP contribution < -0.4 is 0 Å². The number of halogens is 9. The van der Waals surface area contributed by atoms with Crippen molar-refractivity contribution in [3.05, 3.63) is 0 Å². The summed E-state index contributed by atoms with van der Waals surface area (Å²) in [5.74, 6) is 11.9. The quantitative estimate of drug-likeness (QED) is 0.191. The molecule has 0 aromatic rings. The van der Waals surface area contributed by atoms with Crippen molar-refractivity contribution in [2.75, 3.05) is 53.0 Å². The summed E-state index contributed by atoms with van der Waals surface area (Å²) in [7, 11) is 0. The first kappa shape index (κ1) is 157. The van der Waals surface area contributed by atoms with Crippen molar-refractivity contribution in [2.45, 2.75) is 563 Å². The molecule has 2 aliphatic heterocycles. The summed E-state index contributed by atoms with van der Waals surface area (Å²) in [6, 6.07) is 0. The zero-order chi connectivity index (χ0) is 112. The third-order valence-electron chi connectivity index (χ3n) is 32.4. The fourth-order valence-electron chi connectivity index (χ4n) is 12.4. The van der Waals surface area contributed by atoms with Gasteiger partial charge in [0.1, 0.15) is 0 Å². The van der Waals surface area contributed by atoms with Gasteiger partial charge in [0.25, 0.3) is 0 Å². The van der Waals surface area contributed by atoms with Gasteiger partial charge in [0.2, 0.25) is 12.9 Å². The molecule has 0 aromatic heterocycles. The molecule has 5 aliphatic carbocycles. The Bertz CT molecular complexity index is 2450. The molecule has 7 aliphatic rings. The van der Waals surface area contributed by atoms with Gasteiger partial charge in [-0.3, -0.25) is 8.78 Å². The lowest BCUT2D eigenvalue weighted by atomic mass is 9.78. The molecule has 138 heavy (non-hydrogen) atoms. The summed E-state index contributed by atoms with van der Waals surface area (Å²) in [6.07, 6.45) is 20.5. The maximum atomic E-state index is 11.9. The minimum atomic E-state index is -4.06. The molecule has 13 heteroatoms. The third kappa shape index (κ3) is 96.1. The van der Waals surface area contributed by atoms with E-state index in [1.807, 2.05) is 55.4 Å². The van der Waals surface area contributed by atoms with Crippen LogP contribution in [-0.4, -0.2) is 82.2 Å². The number of aliphatic hydroxyl groups excluding tert-OH is 2. The second kappa shape index (κ2) is 75.0. The fraction of sp³-hybridized carbons (Fsp3) is 1.00. The molecule has 2 saturated heterocycles. The molecular weight excluding hydrogens is 1740 g/mol. The summed E-state index contributed by atoms with van der Waals surface area (Å²) in [6.45, 7) is 131. The predicted molar refractivity (Wildman–Crippen MR) is 604 cm³/mol. The molecule has 7 rings (SSSR count). The van der Waals surface area contributed by atoms with Gasteiger partial charge >= 0.3 is 6.18 Å². The van der Waals surface area contributed by atoms with Crippen LogP contribution in [0, 0.1) is 195 Å². The maximum absolute atomic E-state index is 11.9. The van der Waals surface area contributed by atoms with Gasteiger partial charge in [0, 0.05) is 51.5 Å². The highest BCUT2D eigenvalue weighted by Crippen LogP contribution is 2.58. The minimum absolute atomic E-state index is 0.134. The Balaban J connectivity index is -0.000000158. The van der Waals surface area contributed by atoms with Crippen LogP contribution in [-0.2, 0) is 9.47 Å². The molecule has 5 saturated carbocycles. The normalized spacial score (nSPS) is 19.0. The Hall–Kier alpha value is -0.790. The molecule has 2 N–H and O–H groups in total. The molecule has 848 valence electrons. The van der Waals surface area contributed by atoms with E-state index < -0.39 is 42.2 Å². The zero-order valence-electron chi connectivity index (χ0n) is 105. The largest absolute Gasteiger partial charge is 0.396 e. The first-order chi connectivity index (χ1) is 61.2. The second-order valence-electron chi connectivity index (χ2n) is 59.4. The average molecular weight is 2000 g/mol. The van der Waals surface area contributed by atoms with E-state index in [1.54, 1.807) is 34.6 Å². The van der Waals surface area contributed by atoms with Gasteiger partial charge < -0.3 is 19.7 Å². The summed E-state index contributed by atoms with van der Waals surface area (Å²) in [4.78, 5) is 0. The van der Waals surface area contributed by atoms with Crippen molar-refractivity contribution >= 4 is 0 Å². The number of aliphatic hydroxyl groups is 2. The van der Waals surface area contributed by atoms with Gasteiger partial charge in [-0.2, -0.15) is 13.2 Å². The topological polar surface area (TPSA) is 58.9 Å². The Morgan fingerprint density at radius 2 is 0.536 bits per heavy atom. The van der Waals surface area contributed by atoms with Gasteiger partial charge in [-0.25, -0.2) is 17.6 Å². The van der Waals surface area contributed by atoms with Gasteiger partial charge in [-0.1, -0.05) is 492 Å². The smallest absolute Gasteiger partial charge is 0.392 e. The molecule has 2 heterocycles. The number of hydrogen-bond acceptors (Lipinski definition) is 4. The molecule has 8 atom stereocenters. The highest BCUT2D eigenvalue weighted by molar-refractivity contribution is 4.97. The van der Waals surface area contributed by atoms with Crippen LogP contribution >= 0.6 is 0 Å². The summed E-state index contributed by atoms with van der Waals surface area (Å²) >= 11 is 0. The van der Waals surface area contributed by atoms with E-state index in [9.17, 15) is 39.5 Å². The highest BCUT2D eigenvalue weighted by atomic mass is 19.4. The second-order valence-corrected chi connectivity index (χ2v) is 59.4. The fourth-order valence-corrected chi connectivity index (χ4v) is 12.4. The SMILES string of the molecule is CC(C)(C)C1(C)CC1.CC(C)(C)C1CC1.CC(C)C(C)(C)C.CC(C)C(C)(C)C.CC(C)C1CCC1.CC(C)C1CCCC1.CC(C)C1CCCCC1.CC(C)C1CCOC1.CC(C)C1CCOCC1.CC(C)CC(C)(C)C.C[C@@H](C(C)(C)C)C(F)(F)F.C[C@@H](C(F)F)C(C)(C)C.C[C@@H](CF)C(C)(C)C.C[C@@H](CO)C(C)(C)C.C[C@H](C(F)F)C(C)(C)C.C[C@H](CF)C(C)(C)C.C[C@H](CO)C(C)(C)C. The van der Waals surface area contributed by atoms with E-state index in [1.165, 1.54) is 135 Å². The number of rotatable bonds is 12. The average Bonchev–Trinajstić information content (AvgIpc) is 1.63. The Morgan fingerprint density at radius 3 is 0.601 bits per heavy atom. The highest BCUT2D eigenvalue weighted by Gasteiger charge is 2.47. The van der Waals surface area contributed by atoms with E-state index in [0.717, 1.165) is 109 Å². The van der Waals surface area contributed by atoms with Crippen LogP contribution in [0.5, 0.6) is 0 Å². The maximum Gasteiger partial charge on any atom is 0.392 e. The molecule has 4 nitrogen and oxygen atoms in total. The Kier molecular flexibility index (Phi) is 85.5. The lowest BCUT2D eigenvalue weighted by Gasteiger charge is -2.28. The molecular formula is C125H261F9O4. The van der Waals surface area contributed by atoms with Crippen molar-refractivity contribution in [1.82, 2.24) is 0 Å². The van der Waals surface area contributed by atoms with E-state index >= 15 is 0 Å². The van der Waals surface area contributed by atoms with E-state index in [4.69, 9.17) is 19.7 Å². The molecule has 0 radical (unpaired) electrons. The number of ether oxygens (including phenoxy) is 2. The van der Waals surface area contributed by atoms with Crippen LogP contribution in [0.1, 0.15) is 544 Å². The molecule has 7 fully saturated rings. The van der Waals surface area contributed by atoms with Crippen molar-refractivity contribution in [3.63, 3.8) is 0 Å². The molecule has 0 bridgehead atoms. The summed E-state index contributed by atoms with van der Waals surface area (Å²) < 4.78 is 118. The molecule has 1 unspecified atom stereocenters. The van der Waals surface area contributed by atoms with Crippen molar-refractivity contribution < 1.29 is 59.2 Å². The van der Waals surface area contributed by atoms with E-state index in [2.05, 4.69) is 318 Å². The van der Waals surface area contributed by atoms with Gasteiger partial charge in [0.15, 0.2) is 0 Å². The first-order valence-corrected chi connectivity index (χ1v) is 56.3. The van der Waals surface area contributed by atoms with Crippen LogP contribution in [0.2, 0.25) is 0 Å². The minimum Gasteiger partial charge on any atom is -0.396 e. The predicted octanol–water partition coefficient (Wildman–Crippen LogP) is 43.7. The van der Waals surface area contributed by atoms with Gasteiger partial charge in [-0.15, -0.1) is 0 Å². The van der Waals surface area contributed by atoms with Crippen LogP contribution in [0.4, 0.5) is 39.5 Å². The lowest BCUT2D eigenvalue weighted by molar-refractivity contribution is -0.194. The third-order valence-corrected chi connectivity index (χ3v) is 32.4. The first-order valence-electron chi connectivity index (χ1n) is 56.3. The van der Waals surface area contributed by atoms with Crippen LogP contribution in [0.25, 0.3) is 0 Å². The van der Waals surface area contributed by atoms with Crippen LogP contribution in [0.3, 0.4) is 0 Å². The molecule has 0 aromatic carbocycles. The van der Waals surface area contributed by atoms with Gasteiger partial charge in [0.05, 0.1) is 19.3 Å². The Labute approximate surface area is 864 Å². The Morgan fingerprint density at radius 1 is 0.297 bits per heavy atom. The number of hydrogen-bond donors (Lipinski definition) is 2. The van der Waals surface area contributed by atoms with E-state index in [0.29, 0.717) is 57.5 Å². The van der Waals surface area contributed by atoms with Crippen molar-refractivity contribution in [2.24, 2.45) is 195 Å². The monoisotopic (exact) mass is 2000 g/mol. The van der Waals surface area contributed by atoms with Gasteiger partial charge in [-0.05, 0) is 228 Å². The van der Waals surface area contributed by atoms with Crippen molar-refractivity contribution in [3.8, 4) is 0 Å². The van der Waals surface area contributed by atoms with E-state index in [-0.39, 0.29) is 57.7 Å². The molecule has 0 spiro atoms.